The number of amides is 2. The van der Waals surface area contributed by atoms with Crippen molar-refractivity contribution >= 4 is 17.5 Å². The van der Waals surface area contributed by atoms with Gasteiger partial charge in [-0.3, -0.25) is 9.59 Å². The highest BCUT2D eigenvalue weighted by Crippen LogP contribution is 2.29. The van der Waals surface area contributed by atoms with Gasteiger partial charge in [0, 0.05) is 24.2 Å². The van der Waals surface area contributed by atoms with Crippen LogP contribution in [0.5, 0.6) is 11.5 Å². The third kappa shape index (κ3) is 4.42. The minimum absolute atomic E-state index is 0.112. The first-order valence-corrected chi connectivity index (χ1v) is 9.28. The predicted molar refractivity (Wildman–Crippen MR) is 103 cm³/mol. The van der Waals surface area contributed by atoms with Crippen LogP contribution in [0.25, 0.3) is 0 Å². The van der Waals surface area contributed by atoms with E-state index in [9.17, 15) is 14.0 Å². The fraction of sp³-hybridized carbons (Fsp3) is 0.333. The van der Waals surface area contributed by atoms with Gasteiger partial charge in [-0.2, -0.15) is 0 Å². The zero-order valence-corrected chi connectivity index (χ0v) is 15.9. The van der Waals surface area contributed by atoms with Gasteiger partial charge in [0.2, 0.25) is 5.91 Å². The van der Waals surface area contributed by atoms with E-state index in [4.69, 9.17) is 9.47 Å². The predicted octanol–water partition coefficient (Wildman–Crippen LogP) is 3.16. The van der Waals surface area contributed by atoms with E-state index >= 15 is 0 Å². The topological polar surface area (TPSA) is 67.9 Å². The first kappa shape index (κ1) is 19.7. The second-order valence-electron chi connectivity index (χ2n) is 6.38. The third-order valence-corrected chi connectivity index (χ3v) is 4.40. The number of benzene rings is 2. The summed E-state index contributed by atoms with van der Waals surface area (Å²) < 4.78 is 24.2. The number of anilines is 1. The zero-order chi connectivity index (χ0) is 20.1. The molecule has 0 unspecified atom stereocenters. The molecule has 0 aromatic heterocycles. The van der Waals surface area contributed by atoms with Crippen molar-refractivity contribution in [1.82, 2.24) is 5.32 Å². The highest BCUT2D eigenvalue weighted by atomic mass is 19.1. The lowest BCUT2D eigenvalue weighted by Crippen LogP contribution is -2.37. The largest absolute Gasteiger partial charge is 0.490 e. The molecule has 0 radical (unpaired) electrons. The van der Waals surface area contributed by atoms with Gasteiger partial charge in [0.15, 0.2) is 11.5 Å². The first-order valence-electron chi connectivity index (χ1n) is 9.28. The molecule has 0 spiro atoms. The number of nitrogens with one attached hydrogen (secondary N) is 1. The summed E-state index contributed by atoms with van der Waals surface area (Å²) in [5.41, 5.74) is 1.04. The van der Waals surface area contributed by atoms with Crippen molar-refractivity contribution in [2.45, 2.75) is 26.3 Å². The number of hydrogen-bond donors (Lipinski definition) is 1. The van der Waals surface area contributed by atoms with Gasteiger partial charge in [-0.1, -0.05) is 0 Å². The Labute approximate surface area is 163 Å². The molecule has 1 aliphatic rings. The van der Waals surface area contributed by atoms with Crippen LogP contribution in [0.15, 0.2) is 42.5 Å². The number of rotatable bonds is 7. The van der Waals surface area contributed by atoms with Crippen LogP contribution < -0.4 is 19.7 Å². The van der Waals surface area contributed by atoms with Crippen LogP contribution in [0.1, 0.15) is 30.6 Å². The molecule has 0 bridgehead atoms. The summed E-state index contributed by atoms with van der Waals surface area (Å²) in [6, 6.07) is 10.4. The molecule has 7 heteroatoms. The van der Waals surface area contributed by atoms with E-state index in [1.54, 1.807) is 35.2 Å². The van der Waals surface area contributed by atoms with Crippen LogP contribution in [0.3, 0.4) is 0 Å². The Bertz CT molecular complexity index is 854. The smallest absolute Gasteiger partial charge is 0.251 e. The van der Waals surface area contributed by atoms with Crippen molar-refractivity contribution in [2.75, 3.05) is 24.7 Å². The molecule has 1 fully saturated rings. The van der Waals surface area contributed by atoms with E-state index in [2.05, 4.69) is 5.32 Å². The molecule has 2 aromatic carbocycles. The lowest BCUT2D eigenvalue weighted by atomic mass is 10.1. The number of halogens is 1. The highest BCUT2D eigenvalue weighted by molar-refractivity contribution is 5.99. The van der Waals surface area contributed by atoms with Crippen molar-refractivity contribution in [3.8, 4) is 11.5 Å². The summed E-state index contributed by atoms with van der Waals surface area (Å²) in [5.74, 6) is 0.328. The van der Waals surface area contributed by atoms with E-state index < -0.39 is 0 Å². The van der Waals surface area contributed by atoms with Gasteiger partial charge in [0.1, 0.15) is 5.82 Å². The average Bonchev–Trinajstić information content (AvgIpc) is 3.04. The highest BCUT2D eigenvalue weighted by Gasteiger charge is 2.31. The molecule has 2 amide bonds. The fourth-order valence-electron chi connectivity index (χ4n) is 3.14. The van der Waals surface area contributed by atoms with E-state index in [0.29, 0.717) is 42.5 Å². The van der Waals surface area contributed by atoms with Crippen LogP contribution in [0.2, 0.25) is 0 Å². The van der Waals surface area contributed by atoms with Gasteiger partial charge >= 0.3 is 0 Å². The fourth-order valence-corrected chi connectivity index (χ4v) is 3.14. The monoisotopic (exact) mass is 386 g/mol. The molecule has 1 N–H and O–H groups in total. The second kappa shape index (κ2) is 8.73. The Balaban J connectivity index is 1.68. The quantitative estimate of drug-likeness (QED) is 0.794. The zero-order valence-electron chi connectivity index (χ0n) is 15.9. The van der Waals surface area contributed by atoms with Crippen LogP contribution >= 0.6 is 0 Å². The number of hydrogen-bond acceptors (Lipinski definition) is 4. The maximum Gasteiger partial charge on any atom is 0.251 e. The minimum atomic E-state index is -0.360. The van der Waals surface area contributed by atoms with Crippen LogP contribution in [-0.4, -0.2) is 37.6 Å². The SMILES string of the molecule is CCOc1ccc(C(=O)N[C@@H]2CC(=O)N(c3ccc(F)cc3)C2)cc1OCC. The van der Waals surface area contributed by atoms with Crippen LogP contribution in [0, 0.1) is 5.82 Å². The number of ether oxygens (including phenoxy) is 2. The minimum Gasteiger partial charge on any atom is -0.490 e. The Morgan fingerprint density at radius 2 is 1.79 bits per heavy atom. The Morgan fingerprint density at radius 1 is 1.11 bits per heavy atom. The van der Waals surface area contributed by atoms with Crippen molar-refractivity contribution in [3.05, 3.63) is 53.8 Å². The van der Waals surface area contributed by atoms with Gasteiger partial charge < -0.3 is 19.7 Å². The molecule has 1 heterocycles. The maximum atomic E-state index is 13.1. The number of carbonyl (C=O) groups excluding carboxylic acids is 2. The summed E-state index contributed by atoms with van der Waals surface area (Å²) >= 11 is 0. The molecule has 3 rings (SSSR count). The number of nitrogens with zero attached hydrogens (tertiary/aromatic N) is 1. The van der Waals surface area contributed by atoms with Crippen molar-refractivity contribution in [1.29, 1.82) is 0 Å². The van der Waals surface area contributed by atoms with Crippen molar-refractivity contribution in [2.24, 2.45) is 0 Å². The van der Waals surface area contributed by atoms with Gasteiger partial charge in [-0.25, -0.2) is 4.39 Å². The summed E-state index contributed by atoms with van der Waals surface area (Å²) in [4.78, 5) is 26.5. The van der Waals surface area contributed by atoms with Crippen LogP contribution in [0.4, 0.5) is 10.1 Å². The standard InChI is InChI=1S/C21H23FN2O4/c1-3-27-18-10-5-14(11-19(18)28-4-2)21(26)23-16-12-20(25)24(13-16)17-8-6-15(22)7-9-17/h5-11,16H,3-4,12-13H2,1-2H3,(H,23,26)/t16-/m1/s1. The van der Waals surface area contributed by atoms with Gasteiger partial charge in [0.25, 0.3) is 5.91 Å². The summed E-state index contributed by atoms with van der Waals surface area (Å²) in [5, 5.41) is 2.89. The Kier molecular flexibility index (Phi) is 6.13. The molecule has 0 aliphatic carbocycles. The van der Waals surface area contributed by atoms with Crippen LogP contribution in [-0.2, 0) is 4.79 Å². The molecule has 1 aliphatic heterocycles. The van der Waals surface area contributed by atoms with Gasteiger partial charge in [-0.05, 0) is 56.3 Å². The average molecular weight is 386 g/mol. The molecule has 2 aromatic rings. The second-order valence-corrected chi connectivity index (χ2v) is 6.38. The number of carbonyl (C=O) groups is 2. The normalized spacial score (nSPS) is 16.2. The summed E-state index contributed by atoms with van der Waals surface area (Å²) in [7, 11) is 0. The molecular formula is C21H23FN2O4. The molecule has 1 saturated heterocycles. The van der Waals surface area contributed by atoms with Crippen molar-refractivity contribution in [3.63, 3.8) is 0 Å². The Morgan fingerprint density at radius 3 is 2.46 bits per heavy atom. The molecule has 6 nitrogen and oxygen atoms in total. The lowest BCUT2D eigenvalue weighted by Gasteiger charge is -2.17. The molecule has 0 saturated carbocycles. The van der Waals surface area contributed by atoms with Crippen molar-refractivity contribution < 1.29 is 23.5 Å². The molecule has 148 valence electrons. The molecular weight excluding hydrogens is 363 g/mol. The third-order valence-electron chi connectivity index (χ3n) is 4.40. The van der Waals surface area contributed by atoms with Gasteiger partial charge in [0.05, 0.1) is 19.3 Å². The van der Waals surface area contributed by atoms with E-state index in [0.717, 1.165) is 0 Å². The molecule has 28 heavy (non-hydrogen) atoms. The van der Waals surface area contributed by atoms with E-state index in [1.165, 1.54) is 12.1 Å². The summed E-state index contributed by atoms with van der Waals surface area (Å²) in [6.45, 7) is 5.02. The molecule has 1 atom stereocenters. The summed E-state index contributed by atoms with van der Waals surface area (Å²) in [6.07, 6.45) is 0.193. The van der Waals surface area contributed by atoms with E-state index in [-0.39, 0.29) is 30.1 Å². The lowest BCUT2D eigenvalue weighted by molar-refractivity contribution is -0.117. The maximum absolute atomic E-state index is 13.1. The van der Waals surface area contributed by atoms with Gasteiger partial charge in [-0.15, -0.1) is 0 Å². The van der Waals surface area contributed by atoms with E-state index in [1.807, 2.05) is 13.8 Å². The first-order chi connectivity index (χ1) is 13.5. The Hall–Kier alpha value is -3.09.